The second-order valence-electron chi connectivity index (χ2n) is 7.16. The number of hydrogen-bond acceptors (Lipinski definition) is 4. The van der Waals surface area contributed by atoms with Gasteiger partial charge in [0.1, 0.15) is 5.75 Å². The molecule has 5 rings (SSSR count). The second-order valence-corrected chi connectivity index (χ2v) is 7.16. The predicted octanol–water partition coefficient (Wildman–Crippen LogP) is 2.66. The van der Waals surface area contributed by atoms with E-state index in [2.05, 4.69) is 10.3 Å². The van der Waals surface area contributed by atoms with E-state index < -0.39 is 11.8 Å². The number of aromatic amines is 1. The summed E-state index contributed by atoms with van der Waals surface area (Å²) in [6, 6.07) is 13.4. The Morgan fingerprint density at radius 3 is 2.47 bits per heavy atom. The molecule has 0 saturated carbocycles. The highest BCUT2D eigenvalue weighted by atomic mass is 16.5. The van der Waals surface area contributed by atoms with Crippen molar-refractivity contribution in [1.82, 2.24) is 14.9 Å². The van der Waals surface area contributed by atoms with Gasteiger partial charge in [0, 0.05) is 52.9 Å². The van der Waals surface area contributed by atoms with Gasteiger partial charge in [0.15, 0.2) is 0 Å². The lowest BCUT2D eigenvalue weighted by molar-refractivity contribution is -0.122. The number of benzene rings is 2. The number of aromatic nitrogens is 2. The zero-order chi connectivity index (χ0) is 20.8. The number of rotatable bonds is 5. The number of ether oxygens (including phenoxy) is 1. The standard InChI is InChI=1S/C23H20N4O3/c1-30-18-8-4-6-14-16(12-27(10-9-24)21(14)18)20-19(22(28)26-23(20)29)15-11-25-17-7-3-2-5-13(15)17/h2-8,11-12,25H,9-10,24H2,1H3,(H,26,28,29). The van der Waals surface area contributed by atoms with Gasteiger partial charge in [-0.25, -0.2) is 0 Å². The Labute approximate surface area is 172 Å². The number of amides is 2. The van der Waals surface area contributed by atoms with Crippen LogP contribution in [0.3, 0.4) is 0 Å². The molecular weight excluding hydrogens is 380 g/mol. The minimum atomic E-state index is -0.408. The van der Waals surface area contributed by atoms with Gasteiger partial charge in [0.25, 0.3) is 11.8 Å². The molecule has 0 saturated heterocycles. The van der Waals surface area contributed by atoms with E-state index in [4.69, 9.17) is 10.5 Å². The van der Waals surface area contributed by atoms with Crippen molar-refractivity contribution in [2.75, 3.05) is 13.7 Å². The van der Waals surface area contributed by atoms with Crippen molar-refractivity contribution in [2.24, 2.45) is 5.73 Å². The van der Waals surface area contributed by atoms with Gasteiger partial charge in [0.2, 0.25) is 0 Å². The summed E-state index contributed by atoms with van der Waals surface area (Å²) in [4.78, 5) is 29.0. The summed E-state index contributed by atoms with van der Waals surface area (Å²) in [7, 11) is 1.61. The topological polar surface area (TPSA) is 102 Å². The van der Waals surface area contributed by atoms with Crippen molar-refractivity contribution in [2.45, 2.75) is 6.54 Å². The fourth-order valence-electron chi connectivity index (χ4n) is 4.25. The SMILES string of the molecule is COc1cccc2c(C3=C(c4c[nH]c5ccccc45)C(=O)NC3=O)cn(CCN)c12. The van der Waals surface area contributed by atoms with Gasteiger partial charge in [-0.3, -0.25) is 14.9 Å². The van der Waals surface area contributed by atoms with E-state index in [1.54, 1.807) is 13.3 Å². The molecule has 7 nitrogen and oxygen atoms in total. The third-order valence-electron chi connectivity index (χ3n) is 5.51. The molecule has 30 heavy (non-hydrogen) atoms. The fraction of sp³-hybridized carbons (Fsp3) is 0.130. The molecule has 2 aromatic carbocycles. The van der Waals surface area contributed by atoms with Crippen LogP contribution in [0.1, 0.15) is 11.1 Å². The van der Waals surface area contributed by atoms with E-state index in [1.807, 2.05) is 53.2 Å². The van der Waals surface area contributed by atoms with Gasteiger partial charge in [-0.1, -0.05) is 30.3 Å². The van der Waals surface area contributed by atoms with Crippen molar-refractivity contribution >= 4 is 44.8 Å². The van der Waals surface area contributed by atoms with Crippen molar-refractivity contribution < 1.29 is 14.3 Å². The first kappa shape index (κ1) is 18.2. The van der Waals surface area contributed by atoms with Crippen LogP contribution in [0.2, 0.25) is 0 Å². The molecule has 1 aliphatic rings. The number of imide groups is 1. The highest BCUT2D eigenvalue weighted by Gasteiger charge is 2.35. The molecule has 0 radical (unpaired) electrons. The van der Waals surface area contributed by atoms with Gasteiger partial charge >= 0.3 is 0 Å². The number of nitrogens with two attached hydrogens (primary N) is 1. The van der Waals surface area contributed by atoms with Gasteiger partial charge < -0.3 is 20.0 Å². The predicted molar refractivity (Wildman–Crippen MR) is 116 cm³/mol. The number of nitrogens with one attached hydrogen (secondary N) is 2. The van der Waals surface area contributed by atoms with Gasteiger partial charge in [-0.15, -0.1) is 0 Å². The monoisotopic (exact) mass is 400 g/mol. The van der Waals surface area contributed by atoms with Crippen LogP contribution in [0, 0.1) is 0 Å². The molecule has 1 aliphatic heterocycles. The molecule has 0 bridgehead atoms. The molecule has 3 heterocycles. The van der Waals surface area contributed by atoms with E-state index in [9.17, 15) is 9.59 Å². The Morgan fingerprint density at radius 2 is 1.70 bits per heavy atom. The summed E-state index contributed by atoms with van der Waals surface area (Å²) in [5.74, 6) is -0.122. The lowest BCUT2D eigenvalue weighted by Gasteiger charge is -2.07. The summed E-state index contributed by atoms with van der Waals surface area (Å²) < 4.78 is 7.52. The average Bonchev–Trinajstić information content (AvgIpc) is 3.41. The molecule has 4 N–H and O–H groups in total. The number of para-hydroxylation sites is 2. The van der Waals surface area contributed by atoms with Gasteiger partial charge in [-0.05, 0) is 12.1 Å². The summed E-state index contributed by atoms with van der Waals surface area (Å²) in [6.45, 7) is 0.989. The number of H-pyrrole nitrogens is 1. The third-order valence-corrected chi connectivity index (χ3v) is 5.51. The first-order valence-electron chi connectivity index (χ1n) is 9.66. The largest absolute Gasteiger partial charge is 0.495 e. The smallest absolute Gasteiger partial charge is 0.259 e. The fourth-order valence-corrected chi connectivity index (χ4v) is 4.25. The molecule has 7 heteroatoms. The molecule has 150 valence electrons. The average molecular weight is 400 g/mol. The third kappa shape index (κ3) is 2.56. The quantitative estimate of drug-likeness (QED) is 0.448. The molecule has 0 fully saturated rings. The maximum Gasteiger partial charge on any atom is 0.259 e. The van der Waals surface area contributed by atoms with Crippen molar-refractivity contribution in [3.05, 3.63) is 66.0 Å². The van der Waals surface area contributed by atoms with Crippen molar-refractivity contribution in [1.29, 1.82) is 0 Å². The summed E-state index contributed by atoms with van der Waals surface area (Å²) in [5.41, 5.74) is 9.67. The van der Waals surface area contributed by atoms with Crippen LogP contribution in [0.5, 0.6) is 5.75 Å². The molecule has 0 spiro atoms. The summed E-state index contributed by atoms with van der Waals surface area (Å²) in [5, 5.41) is 4.19. The maximum absolute atomic E-state index is 12.9. The van der Waals surface area contributed by atoms with E-state index in [1.165, 1.54) is 0 Å². The Bertz CT molecular complexity index is 1360. The van der Waals surface area contributed by atoms with Crippen molar-refractivity contribution in [3.63, 3.8) is 0 Å². The Hall–Kier alpha value is -3.84. The Balaban J connectivity index is 1.84. The maximum atomic E-state index is 12.9. The number of fused-ring (bicyclic) bond motifs is 2. The number of nitrogens with zero attached hydrogens (tertiary/aromatic N) is 1. The first-order valence-corrected chi connectivity index (χ1v) is 9.66. The highest BCUT2D eigenvalue weighted by molar-refractivity contribution is 6.50. The van der Waals surface area contributed by atoms with Crippen LogP contribution in [-0.4, -0.2) is 35.0 Å². The van der Waals surface area contributed by atoms with E-state index in [-0.39, 0.29) is 0 Å². The van der Waals surface area contributed by atoms with Gasteiger partial charge in [0.05, 0.1) is 23.8 Å². The molecule has 0 aliphatic carbocycles. The van der Waals surface area contributed by atoms with E-state index in [0.29, 0.717) is 41.1 Å². The molecule has 2 aromatic heterocycles. The minimum absolute atomic E-state index is 0.360. The minimum Gasteiger partial charge on any atom is -0.495 e. The number of carbonyl (C=O) groups is 2. The zero-order valence-electron chi connectivity index (χ0n) is 16.4. The van der Waals surface area contributed by atoms with E-state index in [0.717, 1.165) is 21.8 Å². The summed E-state index contributed by atoms with van der Waals surface area (Å²) >= 11 is 0. The van der Waals surface area contributed by atoms with Crippen LogP contribution >= 0.6 is 0 Å². The Kier molecular flexibility index (Phi) is 4.18. The molecule has 2 amide bonds. The number of carbonyl (C=O) groups excluding carboxylic acids is 2. The lowest BCUT2D eigenvalue weighted by atomic mass is 9.95. The van der Waals surface area contributed by atoms with Crippen LogP contribution in [-0.2, 0) is 16.1 Å². The first-order chi connectivity index (χ1) is 14.6. The van der Waals surface area contributed by atoms with Crippen molar-refractivity contribution in [3.8, 4) is 5.75 Å². The zero-order valence-corrected chi connectivity index (χ0v) is 16.4. The van der Waals surface area contributed by atoms with Gasteiger partial charge in [-0.2, -0.15) is 0 Å². The molecule has 0 unspecified atom stereocenters. The van der Waals surface area contributed by atoms with E-state index >= 15 is 0 Å². The number of methoxy groups -OCH3 is 1. The highest BCUT2D eigenvalue weighted by Crippen LogP contribution is 2.40. The van der Waals surface area contributed by atoms with Crippen LogP contribution < -0.4 is 15.8 Å². The summed E-state index contributed by atoms with van der Waals surface area (Å²) in [6.07, 6.45) is 3.65. The molecule has 4 aromatic rings. The number of hydrogen-bond donors (Lipinski definition) is 3. The molecular formula is C23H20N4O3. The second kappa shape index (κ2) is 6.89. The lowest BCUT2D eigenvalue weighted by Crippen LogP contribution is -2.22. The van der Waals surface area contributed by atoms with Crippen LogP contribution in [0.15, 0.2) is 54.9 Å². The normalized spacial score (nSPS) is 14.2. The van der Waals surface area contributed by atoms with Crippen LogP contribution in [0.4, 0.5) is 0 Å². The Morgan fingerprint density at radius 1 is 0.967 bits per heavy atom. The molecule has 0 atom stereocenters. The van der Waals surface area contributed by atoms with Crippen LogP contribution in [0.25, 0.3) is 33.0 Å².